The third kappa shape index (κ3) is 10.9. The van der Waals surface area contributed by atoms with E-state index in [1.165, 1.54) is 0 Å². The molecular formula is C30H44N2O3Sn. The molecule has 2 atom stereocenters. The van der Waals surface area contributed by atoms with E-state index < -0.39 is 37.0 Å². The number of rotatable bonds is 17. The fourth-order valence-corrected chi connectivity index (χ4v) is 18.4. The molecule has 0 radical (unpaired) electrons. The fraction of sp³-hybridized carbons (Fsp3) is 0.533. The quantitative estimate of drug-likeness (QED) is 0.189. The van der Waals surface area contributed by atoms with Crippen LogP contribution in [0.2, 0.25) is 13.3 Å². The molecule has 0 fully saturated rings. The summed E-state index contributed by atoms with van der Waals surface area (Å²) in [5, 5.41) is 13.3. The molecule has 1 amide bonds. The molecule has 0 bridgehead atoms. The molecule has 6 heteroatoms. The van der Waals surface area contributed by atoms with Crippen LogP contribution in [-0.2, 0) is 20.8 Å². The zero-order valence-electron chi connectivity index (χ0n) is 22.4. The van der Waals surface area contributed by atoms with Crippen LogP contribution in [0.5, 0.6) is 0 Å². The molecule has 0 heterocycles. The number of nitrogens with zero attached hydrogens (tertiary/aromatic N) is 1. The van der Waals surface area contributed by atoms with Gasteiger partial charge in [-0.3, -0.25) is 0 Å². The van der Waals surface area contributed by atoms with E-state index >= 15 is 0 Å². The maximum atomic E-state index is 12.8. The molecule has 0 aliphatic heterocycles. The van der Waals surface area contributed by atoms with Crippen molar-refractivity contribution in [1.82, 2.24) is 5.32 Å². The van der Waals surface area contributed by atoms with E-state index in [-0.39, 0.29) is 6.61 Å². The predicted molar refractivity (Wildman–Crippen MR) is 149 cm³/mol. The van der Waals surface area contributed by atoms with Crippen molar-refractivity contribution < 1.29 is 12.6 Å². The van der Waals surface area contributed by atoms with Crippen LogP contribution < -0.4 is 5.32 Å². The topological polar surface area (TPSA) is 71.3 Å². The molecule has 1 N–H and O–H groups in total. The van der Waals surface area contributed by atoms with Crippen LogP contribution in [0, 0.1) is 11.3 Å². The Hall–Kier alpha value is -2.04. The third-order valence-corrected chi connectivity index (χ3v) is 19.6. The first-order valence-corrected chi connectivity index (χ1v) is 20.9. The van der Waals surface area contributed by atoms with Crippen LogP contribution in [0.15, 0.2) is 60.7 Å². The van der Waals surface area contributed by atoms with Crippen molar-refractivity contribution in [3.63, 3.8) is 0 Å². The number of amides is 1. The van der Waals surface area contributed by atoms with Crippen LogP contribution in [0.25, 0.3) is 0 Å². The molecule has 196 valence electrons. The summed E-state index contributed by atoms with van der Waals surface area (Å²) in [5.74, 6) is 0. The number of hydrogen-bond acceptors (Lipinski definition) is 4. The number of carbonyl (C=O) groups excluding carboxylic acids is 1. The van der Waals surface area contributed by atoms with Crippen molar-refractivity contribution in [3.05, 3.63) is 71.8 Å². The van der Waals surface area contributed by atoms with Gasteiger partial charge in [-0.2, -0.15) is 0 Å². The molecule has 0 spiro atoms. The summed E-state index contributed by atoms with van der Waals surface area (Å²) in [6, 6.07) is 21.6. The predicted octanol–water partition coefficient (Wildman–Crippen LogP) is 7.78. The molecule has 36 heavy (non-hydrogen) atoms. The van der Waals surface area contributed by atoms with Crippen molar-refractivity contribution in [3.8, 4) is 6.07 Å². The summed E-state index contributed by atoms with van der Waals surface area (Å²) in [4.78, 5) is 12.8. The zero-order chi connectivity index (χ0) is 26.1. The summed E-state index contributed by atoms with van der Waals surface area (Å²) in [6.07, 6.45) is 6.18. The average Bonchev–Trinajstić information content (AvgIpc) is 2.92. The van der Waals surface area contributed by atoms with Gasteiger partial charge >= 0.3 is 224 Å². The number of hydrogen-bond donors (Lipinski definition) is 1. The minimum absolute atomic E-state index is 0.190. The first-order valence-electron chi connectivity index (χ1n) is 13.6. The molecule has 0 saturated heterocycles. The summed E-state index contributed by atoms with van der Waals surface area (Å²) in [7, 11) is 0. The summed E-state index contributed by atoms with van der Waals surface area (Å²) >= 11 is -3.08. The molecule has 0 aliphatic rings. The normalized spacial score (nSPS) is 12.9. The molecule has 0 saturated carbocycles. The van der Waals surface area contributed by atoms with Crippen molar-refractivity contribution in [2.24, 2.45) is 0 Å². The number of carbonyl (C=O) groups is 1. The monoisotopic (exact) mass is 600 g/mol. The van der Waals surface area contributed by atoms with Crippen LogP contribution in [0.3, 0.4) is 0 Å². The Morgan fingerprint density at radius 1 is 0.861 bits per heavy atom. The molecule has 0 aliphatic carbocycles. The number of nitrogens with one attached hydrogen (secondary N) is 1. The number of ether oxygens (including phenoxy) is 1. The van der Waals surface area contributed by atoms with E-state index in [1.807, 2.05) is 60.7 Å². The van der Waals surface area contributed by atoms with Crippen LogP contribution >= 0.6 is 0 Å². The van der Waals surface area contributed by atoms with Gasteiger partial charge in [0, 0.05) is 0 Å². The molecule has 2 aromatic rings. The van der Waals surface area contributed by atoms with Crippen molar-refractivity contribution in [2.45, 2.75) is 97.8 Å². The van der Waals surface area contributed by atoms with Gasteiger partial charge in [-0.1, -0.05) is 0 Å². The van der Waals surface area contributed by atoms with Gasteiger partial charge < -0.3 is 0 Å². The Labute approximate surface area is 223 Å². The Bertz CT molecular complexity index is 880. The molecular weight excluding hydrogens is 555 g/mol. The second-order valence-corrected chi connectivity index (χ2v) is 21.4. The van der Waals surface area contributed by atoms with Crippen molar-refractivity contribution in [2.75, 3.05) is 0 Å². The van der Waals surface area contributed by atoms with Gasteiger partial charge in [-0.15, -0.1) is 0 Å². The van der Waals surface area contributed by atoms with E-state index in [4.69, 9.17) is 7.81 Å². The molecule has 2 aromatic carbocycles. The molecule has 0 unspecified atom stereocenters. The van der Waals surface area contributed by atoms with Gasteiger partial charge in [-0.05, 0) is 0 Å². The van der Waals surface area contributed by atoms with Crippen molar-refractivity contribution in [1.29, 1.82) is 5.26 Å². The first kappa shape index (κ1) is 30.2. The van der Waals surface area contributed by atoms with Gasteiger partial charge in [0.05, 0.1) is 0 Å². The van der Waals surface area contributed by atoms with Gasteiger partial charge in [-0.25, -0.2) is 0 Å². The minimum atomic E-state index is -3.08. The average molecular weight is 599 g/mol. The number of nitriles is 1. The molecule has 5 nitrogen and oxygen atoms in total. The summed E-state index contributed by atoms with van der Waals surface area (Å²) in [5.41, 5.74) is 1.99. The standard InChI is InChI=1S/C18H17N2O3.3C4H9.Sn/c19-12-17(21)16(11-14-7-3-1-4-8-14)20-18(22)23-13-15-9-5-2-6-10-15;3*1-3-4-2;/h1-10,16-17H,11,13H2,(H,20,22);3*1,3-4H2,2H3;/q-1;;;;+1/t16-,17-;;;;/m1..../s1. The van der Waals surface area contributed by atoms with Gasteiger partial charge in [0.2, 0.25) is 0 Å². The third-order valence-electron chi connectivity index (χ3n) is 6.64. The number of alkyl carbamates (subject to hydrolysis) is 1. The Morgan fingerprint density at radius 2 is 1.36 bits per heavy atom. The Kier molecular flexibility index (Phi) is 14.6. The maximum absolute atomic E-state index is 12.8. The van der Waals surface area contributed by atoms with E-state index in [0.717, 1.165) is 63.0 Å². The van der Waals surface area contributed by atoms with Gasteiger partial charge in [0.1, 0.15) is 0 Å². The fourth-order valence-electron chi connectivity index (χ4n) is 4.53. The van der Waals surface area contributed by atoms with E-state index in [2.05, 4.69) is 32.2 Å². The number of unbranched alkanes of at least 4 members (excludes halogenated alkanes) is 3. The number of benzene rings is 2. The zero-order valence-corrected chi connectivity index (χ0v) is 25.2. The summed E-state index contributed by atoms with van der Waals surface area (Å²) < 4.78 is 15.9. The molecule has 0 aromatic heterocycles. The molecule has 2 rings (SSSR count). The SMILES string of the molecule is CCC[CH2][Sn]([CH2]CCC)([CH2]CCC)[O][C@H](C#N)[C@@H](Cc1ccccc1)NC(=O)OCc1ccccc1. The van der Waals surface area contributed by atoms with Gasteiger partial charge in [0.15, 0.2) is 0 Å². The second-order valence-electron chi connectivity index (χ2n) is 9.66. The Morgan fingerprint density at radius 3 is 1.83 bits per heavy atom. The first-order chi connectivity index (χ1) is 17.6. The van der Waals surface area contributed by atoms with Crippen molar-refractivity contribution >= 4 is 24.9 Å². The van der Waals surface area contributed by atoms with E-state index in [1.54, 1.807) is 0 Å². The van der Waals surface area contributed by atoms with Crippen LogP contribution in [0.4, 0.5) is 4.79 Å². The van der Waals surface area contributed by atoms with E-state index in [9.17, 15) is 10.1 Å². The van der Waals surface area contributed by atoms with Crippen LogP contribution in [-0.4, -0.2) is 37.0 Å². The van der Waals surface area contributed by atoms with E-state index in [0.29, 0.717) is 6.42 Å². The second kappa shape index (κ2) is 17.4. The summed E-state index contributed by atoms with van der Waals surface area (Å²) in [6.45, 7) is 6.86. The Balaban J connectivity index is 2.24. The van der Waals surface area contributed by atoms with Crippen LogP contribution in [0.1, 0.15) is 70.4 Å². The van der Waals surface area contributed by atoms with Gasteiger partial charge in [0.25, 0.3) is 0 Å².